The summed E-state index contributed by atoms with van der Waals surface area (Å²) in [7, 11) is 1.74. The number of carbonyl (C=O) groups excluding carboxylic acids is 1. The van der Waals surface area contributed by atoms with Crippen LogP contribution in [0.25, 0.3) is 0 Å². The van der Waals surface area contributed by atoms with Crippen LogP contribution in [-0.2, 0) is 9.53 Å². The van der Waals surface area contributed by atoms with E-state index in [0.29, 0.717) is 30.2 Å². The van der Waals surface area contributed by atoms with Crippen LogP contribution in [-0.4, -0.2) is 49.7 Å². The van der Waals surface area contributed by atoms with Crippen LogP contribution < -0.4 is 11.1 Å². The Morgan fingerprint density at radius 3 is 2.87 bits per heavy atom. The van der Waals surface area contributed by atoms with Crippen molar-refractivity contribution in [1.82, 2.24) is 4.90 Å². The molecule has 2 unspecified atom stereocenters. The molecule has 1 heterocycles. The molecule has 3 N–H and O–H groups in total. The molecule has 1 aromatic rings. The molecular formula is C16H25Cl2N3O2. The van der Waals surface area contributed by atoms with Crippen LogP contribution in [0.3, 0.4) is 0 Å². The van der Waals surface area contributed by atoms with E-state index in [4.69, 9.17) is 22.1 Å². The second-order valence-electron chi connectivity index (χ2n) is 5.59. The second-order valence-corrected chi connectivity index (χ2v) is 5.99. The standard InChI is InChI=1S/C16H24ClN3O2.ClH/c1-22-13-6-8-20(12(10-13)11-18)9-7-16(21)19-15-5-3-2-4-14(15)17;/h2-5,12-13H,6-11,18H2,1H3,(H,19,21);1H. The van der Waals surface area contributed by atoms with E-state index in [1.807, 2.05) is 12.1 Å². The topological polar surface area (TPSA) is 67.6 Å². The van der Waals surface area contributed by atoms with Gasteiger partial charge in [-0.15, -0.1) is 12.4 Å². The van der Waals surface area contributed by atoms with Gasteiger partial charge < -0.3 is 15.8 Å². The molecule has 0 radical (unpaired) electrons. The number of piperidine rings is 1. The average molecular weight is 362 g/mol. The summed E-state index contributed by atoms with van der Waals surface area (Å²) in [6, 6.07) is 7.53. The van der Waals surface area contributed by atoms with Crippen LogP contribution >= 0.6 is 24.0 Å². The van der Waals surface area contributed by atoms with Gasteiger partial charge in [-0.2, -0.15) is 0 Å². The van der Waals surface area contributed by atoms with Gasteiger partial charge in [0.25, 0.3) is 0 Å². The number of nitrogens with zero attached hydrogens (tertiary/aromatic N) is 1. The fourth-order valence-corrected chi connectivity index (χ4v) is 3.02. The molecule has 0 aromatic heterocycles. The number of nitrogens with two attached hydrogens (primary N) is 1. The second kappa shape index (κ2) is 10.1. The number of amides is 1. The molecule has 1 fully saturated rings. The molecule has 1 aliphatic rings. The number of rotatable bonds is 6. The van der Waals surface area contributed by atoms with Gasteiger partial charge in [0.2, 0.25) is 5.91 Å². The van der Waals surface area contributed by atoms with Crippen molar-refractivity contribution in [3.8, 4) is 0 Å². The van der Waals surface area contributed by atoms with Crippen molar-refractivity contribution >= 4 is 35.6 Å². The minimum Gasteiger partial charge on any atom is -0.381 e. The first-order valence-corrected chi connectivity index (χ1v) is 8.03. The van der Waals surface area contributed by atoms with E-state index in [1.165, 1.54) is 0 Å². The van der Waals surface area contributed by atoms with Gasteiger partial charge >= 0.3 is 0 Å². The Kier molecular flexibility index (Phi) is 8.87. The molecule has 7 heteroatoms. The molecule has 1 amide bonds. The number of methoxy groups -OCH3 is 1. The number of hydrogen-bond donors (Lipinski definition) is 2. The largest absolute Gasteiger partial charge is 0.381 e. The van der Waals surface area contributed by atoms with Crippen molar-refractivity contribution in [2.75, 3.05) is 32.1 Å². The maximum atomic E-state index is 12.1. The van der Waals surface area contributed by atoms with Crippen molar-refractivity contribution in [2.45, 2.75) is 31.4 Å². The summed E-state index contributed by atoms with van der Waals surface area (Å²) in [5, 5.41) is 3.40. The van der Waals surface area contributed by atoms with Crippen LogP contribution in [0.4, 0.5) is 5.69 Å². The highest BCUT2D eigenvalue weighted by Gasteiger charge is 2.27. The first-order valence-electron chi connectivity index (χ1n) is 7.65. The highest BCUT2D eigenvalue weighted by molar-refractivity contribution is 6.33. The van der Waals surface area contributed by atoms with Gasteiger partial charge in [-0.25, -0.2) is 0 Å². The summed E-state index contributed by atoms with van der Waals surface area (Å²) in [6.45, 7) is 2.21. The lowest BCUT2D eigenvalue weighted by atomic mass is 9.99. The number of para-hydroxylation sites is 1. The summed E-state index contributed by atoms with van der Waals surface area (Å²) in [6.07, 6.45) is 2.62. The molecule has 0 bridgehead atoms. The number of benzene rings is 1. The normalized spacial score (nSPS) is 21.5. The number of anilines is 1. The number of ether oxygens (including phenoxy) is 1. The van der Waals surface area contributed by atoms with E-state index in [-0.39, 0.29) is 30.5 Å². The average Bonchev–Trinajstić information content (AvgIpc) is 2.55. The lowest BCUT2D eigenvalue weighted by molar-refractivity contribution is -0.116. The van der Waals surface area contributed by atoms with Crippen LogP contribution in [0.15, 0.2) is 24.3 Å². The highest BCUT2D eigenvalue weighted by Crippen LogP contribution is 2.21. The van der Waals surface area contributed by atoms with Crippen molar-refractivity contribution in [3.05, 3.63) is 29.3 Å². The third-order valence-electron chi connectivity index (χ3n) is 4.17. The van der Waals surface area contributed by atoms with Gasteiger partial charge in [-0.05, 0) is 25.0 Å². The Hall–Kier alpha value is -0.850. The fourth-order valence-electron chi connectivity index (χ4n) is 2.84. The zero-order chi connectivity index (χ0) is 15.9. The van der Waals surface area contributed by atoms with E-state index < -0.39 is 0 Å². The quantitative estimate of drug-likeness (QED) is 0.816. The van der Waals surface area contributed by atoms with Gasteiger partial charge in [0.15, 0.2) is 0 Å². The van der Waals surface area contributed by atoms with Crippen LogP contribution in [0.1, 0.15) is 19.3 Å². The number of hydrogen-bond acceptors (Lipinski definition) is 4. The monoisotopic (exact) mass is 361 g/mol. The predicted molar refractivity (Wildman–Crippen MR) is 96.4 cm³/mol. The molecule has 0 aliphatic carbocycles. The van der Waals surface area contributed by atoms with Gasteiger partial charge in [0.05, 0.1) is 16.8 Å². The predicted octanol–water partition coefficient (Wildman–Crippen LogP) is 2.53. The Bertz CT molecular complexity index is 502. The summed E-state index contributed by atoms with van der Waals surface area (Å²) in [5.41, 5.74) is 6.50. The molecular weight excluding hydrogens is 337 g/mol. The van der Waals surface area contributed by atoms with E-state index in [2.05, 4.69) is 10.2 Å². The Morgan fingerprint density at radius 1 is 1.48 bits per heavy atom. The maximum Gasteiger partial charge on any atom is 0.225 e. The molecule has 130 valence electrons. The molecule has 0 spiro atoms. The molecule has 1 aliphatic heterocycles. The SMILES string of the molecule is COC1CCN(CCC(=O)Nc2ccccc2Cl)C(CN)C1.Cl. The number of carbonyl (C=O) groups is 1. The molecule has 1 saturated heterocycles. The van der Waals surface area contributed by atoms with Crippen molar-refractivity contribution < 1.29 is 9.53 Å². The Balaban J connectivity index is 0.00000264. The fraction of sp³-hybridized carbons (Fsp3) is 0.562. The first-order chi connectivity index (χ1) is 10.6. The zero-order valence-electron chi connectivity index (χ0n) is 13.3. The Labute approximate surface area is 148 Å². The lowest BCUT2D eigenvalue weighted by Crippen LogP contribution is -2.49. The van der Waals surface area contributed by atoms with Crippen molar-refractivity contribution in [1.29, 1.82) is 0 Å². The first kappa shape index (κ1) is 20.2. The molecule has 2 atom stereocenters. The summed E-state index contributed by atoms with van der Waals surface area (Å²) in [4.78, 5) is 14.3. The van der Waals surface area contributed by atoms with E-state index in [0.717, 1.165) is 19.4 Å². The number of likely N-dealkylation sites (tertiary alicyclic amines) is 1. The van der Waals surface area contributed by atoms with Crippen LogP contribution in [0.5, 0.6) is 0 Å². The van der Waals surface area contributed by atoms with Gasteiger partial charge in [-0.1, -0.05) is 23.7 Å². The molecule has 0 saturated carbocycles. The third-order valence-corrected chi connectivity index (χ3v) is 4.50. The van der Waals surface area contributed by atoms with Crippen LogP contribution in [0, 0.1) is 0 Å². The number of nitrogens with one attached hydrogen (secondary N) is 1. The number of halogens is 2. The Morgan fingerprint density at radius 2 is 2.22 bits per heavy atom. The smallest absolute Gasteiger partial charge is 0.225 e. The zero-order valence-corrected chi connectivity index (χ0v) is 14.9. The summed E-state index contributed by atoms with van der Waals surface area (Å²) >= 11 is 6.04. The molecule has 2 rings (SSSR count). The van der Waals surface area contributed by atoms with Gasteiger partial charge in [0.1, 0.15) is 0 Å². The maximum absolute atomic E-state index is 12.1. The van der Waals surface area contributed by atoms with E-state index in [9.17, 15) is 4.79 Å². The minimum atomic E-state index is -0.0299. The molecule has 5 nitrogen and oxygen atoms in total. The van der Waals surface area contributed by atoms with Crippen LogP contribution in [0.2, 0.25) is 5.02 Å². The molecule has 23 heavy (non-hydrogen) atoms. The van der Waals surface area contributed by atoms with Crippen molar-refractivity contribution in [3.63, 3.8) is 0 Å². The van der Waals surface area contributed by atoms with E-state index >= 15 is 0 Å². The lowest BCUT2D eigenvalue weighted by Gasteiger charge is -2.38. The van der Waals surface area contributed by atoms with Gasteiger partial charge in [-0.3, -0.25) is 9.69 Å². The van der Waals surface area contributed by atoms with E-state index in [1.54, 1.807) is 19.2 Å². The minimum absolute atomic E-state index is 0. The molecule has 1 aromatic carbocycles. The van der Waals surface area contributed by atoms with Gasteiger partial charge in [0, 0.05) is 39.2 Å². The van der Waals surface area contributed by atoms with Crippen molar-refractivity contribution in [2.24, 2.45) is 5.73 Å². The highest BCUT2D eigenvalue weighted by atomic mass is 35.5. The third kappa shape index (κ3) is 5.94. The summed E-state index contributed by atoms with van der Waals surface area (Å²) in [5.74, 6) is -0.0299. The summed E-state index contributed by atoms with van der Waals surface area (Å²) < 4.78 is 5.41.